The minimum atomic E-state index is 1.00. The molecule has 0 aromatic carbocycles. The number of nitrogens with zero attached hydrogens (tertiary/aromatic N) is 2. The Morgan fingerprint density at radius 3 is 3.00 bits per heavy atom. The van der Waals surface area contributed by atoms with Crippen LogP contribution in [-0.4, -0.2) is 21.7 Å². The van der Waals surface area contributed by atoms with Gasteiger partial charge >= 0.3 is 0 Å². The van der Waals surface area contributed by atoms with Crippen LogP contribution < -0.4 is 0 Å². The van der Waals surface area contributed by atoms with Crippen molar-refractivity contribution in [3.63, 3.8) is 0 Å². The zero-order valence-electron chi connectivity index (χ0n) is 6.77. The zero-order chi connectivity index (χ0) is 8.65. The van der Waals surface area contributed by atoms with E-state index in [-0.39, 0.29) is 0 Å². The van der Waals surface area contributed by atoms with Gasteiger partial charge in [-0.1, -0.05) is 29.5 Å². The molecule has 0 radical (unpaired) electrons. The van der Waals surface area contributed by atoms with Crippen LogP contribution in [0.25, 0.3) is 0 Å². The summed E-state index contributed by atoms with van der Waals surface area (Å²) in [6.07, 6.45) is 3.75. The maximum absolute atomic E-state index is 4.16. The van der Waals surface area contributed by atoms with Crippen LogP contribution in [0.3, 0.4) is 0 Å². The van der Waals surface area contributed by atoms with Gasteiger partial charge in [0, 0.05) is 5.75 Å². The van der Waals surface area contributed by atoms with Gasteiger partial charge in [0.05, 0.1) is 0 Å². The van der Waals surface area contributed by atoms with Crippen LogP contribution in [-0.2, 0) is 0 Å². The number of thioether (sulfide) groups is 1. The van der Waals surface area contributed by atoms with Crippen LogP contribution in [0.15, 0.2) is 9.85 Å². The summed E-state index contributed by atoms with van der Waals surface area (Å²) in [5, 5.41) is 7.72. The summed E-state index contributed by atoms with van der Waals surface area (Å²) in [6.45, 7) is 0. The van der Waals surface area contributed by atoms with Crippen LogP contribution in [0.4, 0.5) is 0 Å². The van der Waals surface area contributed by atoms with Crippen molar-refractivity contribution in [1.29, 1.82) is 0 Å². The Labute approximate surface area is 86.6 Å². The highest BCUT2D eigenvalue weighted by Crippen LogP contribution is 2.20. The van der Waals surface area contributed by atoms with Crippen molar-refractivity contribution in [2.24, 2.45) is 0 Å². The van der Waals surface area contributed by atoms with Gasteiger partial charge in [0.1, 0.15) is 5.51 Å². The van der Waals surface area contributed by atoms with E-state index in [0.29, 0.717) is 0 Å². The molecule has 5 heteroatoms. The van der Waals surface area contributed by atoms with E-state index in [4.69, 9.17) is 0 Å². The van der Waals surface area contributed by atoms with E-state index in [0.717, 1.165) is 15.8 Å². The lowest BCUT2D eigenvalue weighted by molar-refractivity contribution is 0.786. The van der Waals surface area contributed by atoms with Gasteiger partial charge in [0.25, 0.3) is 0 Å². The molecule has 0 spiro atoms. The summed E-state index contributed by atoms with van der Waals surface area (Å²) >= 11 is 7.57. The summed E-state index contributed by atoms with van der Waals surface area (Å²) in [5.41, 5.74) is 1.77. The maximum Gasteiger partial charge on any atom is 0.174 e. The monoisotopic (exact) mass is 220 g/mol. The molecule has 0 amide bonds. The molecule has 1 aromatic rings. The summed E-state index contributed by atoms with van der Waals surface area (Å²) < 4.78 is 1.08. The van der Waals surface area contributed by atoms with Crippen molar-refractivity contribution in [3.05, 3.63) is 5.51 Å². The number of unbranched alkanes of at least 4 members (excludes halogenated alkanes) is 2. The first kappa shape index (κ1) is 10.3. The first-order chi connectivity index (χ1) is 5.93. The second-order valence-electron chi connectivity index (χ2n) is 2.34. The molecule has 0 unspecified atom stereocenters. The fourth-order valence-corrected chi connectivity index (χ4v) is 2.56. The zero-order valence-corrected chi connectivity index (χ0v) is 9.30. The van der Waals surface area contributed by atoms with E-state index in [2.05, 4.69) is 22.8 Å². The smallest absolute Gasteiger partial charge is 0.174 e. The molecule has 0 aliphatic carbocycles. The molecule has 12 heavy (non-hydrogen) atoms. The molecule has 1 rings (SSSR count). The minimum absolute atomic E-state index is 1.00. The van der Waals surface area contributed by atoms with Crippen molar-refractivity contribution in [3.8, 4) is 0 Å². The van der Waals surface area contributed by atoms with Gasteiger partial charge in [-0.2, -0.15) is 12.6 Å². The number of rotatable bonds is 6. The Hall–Kier alpha value is 0.260. The second-order valence-corrected chi connectivity index (χ2v) is 4.96. The third-order valence-corrected chi connectivity index (χ3v) is 3.63. The van der Waals surface area contributed by atoms with E-state index in [1.807, 2.05) is 0 Å². The average Bonchev–Trinajstić information content (AvgIpc) is 2.57. The lowest BCUT2D eigenvalue weighted by atomic mass is 10.3. The average molecular weight is 220 g/mol. The Kier molecular flexibility index (Phi) is 5.81. The number of hydrogen-bond donors (Lipinski definition) is 1. The summed E-state index contributed by atoms with van der Waals surface area (Å²) in [5.74, 6) is 2.16. The molecule has 2 nitrogen and oxygen atoms in total. The predicted molar refractivity (Wildman–Crippen MR) is 58.3 cm³/mol. The third kappa shape index (κ3) is 4.33. The largest absolute Gasteiger partial charge is 0.179 e. The molecule has 0 aliphatic heterocycles. The lowest BCUT2D eigenvalue weighted by Crippen LogP contribution is -1.82. The van der Waals surface area contributed by atoms with Gasteiger partial charge in [-0.05, 0) is 18.6 Å². The van der Waals surface area contributed by atoms with Gasteiger partial charge in [0.2, 0.25) is 0 Å². The molecule has 1 aromatic heterocycles. The van der Waals surface area contributed by atoms with E-state index in [1.165, 1.54) is 19.3 Å². The van der Waals surface area contributed by atoms with Crippen LogP contribution in [0, 0.1) is 0 Å². The third-order valence-electron chi connectivity index (χ3n) is 1.37. The van der Waals surface area contributed by atoms with Crippen LogP contribution in [0.5, 0.6) is 0 Å². The van der Waals surface area contributed by atoms with Crippen molar-refractivity contribution in [2.45, 2.75) is 23.6 Å². The standard InChI is InChI=1S/C7H12N2S3/c10-4-2-1-3-5-11-7-9-8-6-12-7/h6,10H,1-5H2. The van der Waals surface area contributed by atoms with Gasteiger partial charge in [-0.15, -0.1) is 10.2 Å². The van der Waals surface area contributed by atoms with E-state index < -0.39 is 0 Å². The lowest BCUT2D eigenvalue weighted by Gasteiger charge is -1.95. The van der Waals surface area contributed by atoms with Crippen molar-refractivity contribution in [2.75, 3.05) is 11.5 Å². The van der Waals surface area contributed by atoms with Crippen LogP contribution in [0.1, 0.15) is 19.3 Å². The number of thiol groups is 1. The van der Waals surface area contributed by atoms with Gasteiger partial charge in [-0.3, -0.25) is 0 Å². The van der Waals surface area contributed by atoms with Crippen LogP contribution >= 0.6 is 35.7 Å². The first-order valence-corrected chi connectivity index (χ1v) is 6.43. The fourth-order valence-electron chi connectivity index (χ4n) is 0.776. The number of hydrogen-bond acceptors (Lipinski definition) is 5. The quantitative estimate of drug-likeness (QED) is 0.453. The normalized spacial score (nSPS) is 10.4. The highest BCUT2D eigenvalue weighted by atomic mass is 32.2. The first-order valence-electron chi connectivity index (χ1n) is 3.93. The summed E-state index contributed by atoms with van der Waals surface area (Å²) in [7, 11) is 0. The van der Waals surface area contributed by atoms with Crippen molar-refractivity contribution < 1.29 is 0 Å². The molecular formula is C7H12N2S3. The Morgan fingerprint density at radius 1 is 1.42 bits per heavy atom. The molecule has 0 saturated heterocycles. The predicted octanol–water partition coefficient (Wildman–Crippen LogP) is 2.73. The topological polar surface area (TPSA) is 25.8 Å². The molecule has 0 aliphatic rings. The Morgan fingerprint density at radius 2 is 2.33 bits per heavy atom. The molecule has 68 valence electrons. The van der Waals surface area contributed by atoms with Gasteiger partial charge < -0.3 is 0 Å². The molecule has 1 heterocycles. The van der Waals surface area contributed by atoms with Crippen molar-refractivity contribution in [1.82, 2.24) is 10.2 Å². The van der Waals surface area contributed by atoms with E-state index >= 15 is 0 Å². The minimum Gasteiger partial charge on any atom is -0.179 e. The van der Waals surface area contributed by atoms with Gasteiger partial charge in [-0.25, -0.2) is 0 Å². The second kappa shape index (κ2) is 6.74. The Balaban J connectivity index is 1.96. The molecule has 0 atom stereocenters. The summed E-state index contributed by atoms with van der Waals surface area (Å²) in [4.78, 5) is 0. The number of aromatic nitrogens is 2. The van der Waals surface area contributed by atoms with Crippen molar-refractivity contribution >= 4 is 35.7 Å². The Bertz CT molecular complexity index is 189. The molecular weight excluding hydrogens is 208 g/mol. The molecule has 0 saturated carbocycles. The molecule has 0 fully saturated rings. The fraction of sp³-hybridized carbons (Fsp3) is 0.714. The van der Waals surface area contributed by atoms with Crippen LogP contribution in [0.2, 0.25) is 0 Å². The van der Waals surface area contributed by atoms with Gasteiger partial charge in [0.15, 0.2) is 4.34 Å². The summed E-state index contributed by atoms with van der Waals surface area (Å²) in [6, 6.07) is 0. The van der Waals surface area contributed by atoms with E-state index in [9.17, 15) is 0 Å². The highest BCUT2D eigenvalue weighted by Gasteiger charge is 1.96. The van der Waals surface area contributed by atoms with E-state index in [1.54, 1.807) is 28.6 Å². The SMILES string of the molecule is SCCCCCSc1nncs1. The highest BCUT2D eigenvalue weighted by molar-refractivity contribution is 8.00. The maximum atomic E-state index is 4.16. The molecule has 0 N–H and O–H groups in total. The molecule has 0 bridgehead atoms.